The molecule has 6 heteroatoms. The van der Waals surface area contributed by atoms with Crippen molar-refractivity contribution in [2.24, 2.45) is 0 Å². The van der Waals surface area contributed by atoms with Gasteiger partial charge in [-0.1, -0.05) is 20.8 Å². The average molecular weight is 250 g/mol. The summed E-state index contributed by atoms with van der Waals surface area (Å²) in [4.78, 5) is 10.7. The normalized spacial score (nSPS) is 12.8. The van der Waals surface area contributed by atoms with E-state index in [2.05, 4.69) is 0 Å². The molecule has 0 saturated carbocycles. The fourth-order valence-corrected chi connectivity index (χ4v) is 1.27. The smallest absolute Gasteiger partial charge is 0.450 e. The van der Waals surface area contributed by atoms with Crippen molar-refractivity contribution < 1.29 is 27.5 Å². The number of furan rings is 1. The Morgan fingerprint density at radius 3 is 2.24 bits per heavy atom. The van der Waals surface area contributed by atoms with Crippen LogP contribution in [0.2, 0.25) is 0 Å². The number of aromatic carboxylic acids is 1. The van der Waals surface area contributed by atoms with E-state index in [4.69, 9.17) is 9.52 Å². The molecule has 1 aromatic rings. The number of hydrogen-bond donors (Lipinski definition) is 1. The minimum atomic E-state index is -4.80. The first-order valence-corrected chi connectivity index (χ1v) is 5.04. The van der Waals surface area contributed by atoms with E-state index in [9.17, 15) is 18.0 Å². The molecule has 0 aliphatic heterocycles. The Kier molecular flexibility index (Phi) is 3.27. The van der Waals surface area contributed by atoms with Crippen molar-refractivity contribution in [2.75, 3.05) is 0 Å². The third-order valence-electron chi connectivity index (χ3n) is 2.77. The summed E-state index contributed by atoms with van der Waals surface area (Å²) in [6.07, 6.45) is -4.26. The van der Waals surface area contributed by atoms with Crippen molar-refractivity contribution >= 4 is 5.97 Å². The standard InChI is InChI=1S/C11H13F3O3/c1-4-10(2,3)7-5-6(9(15)16)8(17-7)11(12,13)14/h5H,4H2,1-3H3,(H,15,16). The maximum Gasteiger partial charge on any atom is 0.450 e. The lowest BCUT2D eigenvalue weighted by Crippen LogP contribution is -2.14. The molecular weight excluding hydrogens is 237 g/mol. The molecule has 0 saturated heterocycles. The lowest BCUT2D eigenvalue weighted by atomic mass is 9.87. The topological polar surface area (TPSA) is 50.4 Å². The van der Waals surface area contributed by atoms with Gasteiger partial charge >= 0.3 is 12.1 Å². The van der Waals surface area contributed by atoms with Crippen molar-refractivity contribution in [1.29, 1.82) is 0 Å². The highest BCUT2D eigenvalue weighted by atomic mass is 19.4. The van der Waals surface area contributed by atoms with E-state index in [0.717, 1.165) is 6.07 Å². The fraction of sp³-hybridized carbons (Fsp3) is 0.545. The highest BCUT2D eigenvalue weighted by Gasteiger charge is 2.41. The molecule has 0 bridgehead atoms. The molecule has 17 heavy (non-hydrogen) atoms. The molecule has 1 aromatic heterocycles. The number of carboxylic acids is 1. The minimum Gasteiger partial charge on any atom is -0.478 e. The molecule has 0 aliphatic rings. The second-order valence-corrected chi connectivity index (χ2v) is 4.39. The number of carbonyl (C=O) groups is 1. The Bertz CT molecular complexity index is 430. The van der Waals surface area contributed by atoms with Crippen LogP contribution in [-0.4, -0.2) is 11.1 Å². The molecule has 3 nitrogen and oxygen atoms in total. The summed E-state index contributed by atoms with van der Waals surface area (Å²) < 4.78 is 42.4. The zero-order valence-corrected chi connectivity index (χ0v) is 9.68. The van der Waals surface area contributed by atoms with Gasteiger partial charge in [-0.2, -0.15) is 13.2 Å². The molecule has 0 radical (unpaired) electrons. The molecular formula is C11H13F3O3. The summed E-state index contributed by atoms with van der Waals surface area (Å²) in [6.45, 7) is 5.17. The summed E-state index contributed by atoms with van der Waals surface area (Å²) in [5.74, 6) is -3.05. The Balaban J connectivity index is 3.37. The van der Waals surface area contributed by atoms with E-state index in [1.54, 1.807) is 20.8 Å². The van der Waals surface area contributed by atoms with Crippen LogP contribution in [0.3, 0.4) is 0 Å². The maximum atomic E-state index is 12.6. The van der Waals surface area contributed by atoms with Crippen molar-refractivity contribution in [3.63, 3.8) is 0 Å². The van der Waals surface area contributed by atoms with Crippen molar-refractivity contribution in [1.82, 2.24) is 0 Å². The van der Waals surface area contributed by atoms with Crippen LogP contribution in [0.1, 0.15) is 49.1 Å². The molecule has 1 heterocycles. The Labute approximate surface area is 96.2 Å². The monoisotopic (exact) mass is 250 g/mol. The molecule has 0 amide bonds. The second-order valence-electron chi connectivity index (χ2n) is 4.39. The van der Waals surface area contributed by atoms with Gasteiger partial charge in [-0.05, 0) is 12.5 Å². The van der Waals surface area contributed by atoms with Gasteiger partial charge in [0, 0.05) is 5.41 Å². The third kappa shape index (κ3) is 2.62. The summed E-state index contributed by atoms with van der Waals surface area (Å²) in [5, 5.41) is 8.72. The molecule has 0 unspecified atom stereocenters. The number of rotatable bonds is 3. The molecule has 1 rings (SSSR count). The van der Waals surface area contributed by atoms with Crippen LogP contribution < -0.4 is 0 Å². The van der Waals surface area contributed by atoms with Crippen LogP contribution in [0.15, 0.2) is 10.5 Å². The zero-order chi connectivity index (χ0) is 13.4. The van der Waals surface area contributed by atoms with Gasteiger partial charge in [-0.15, -0.1) is 0 Å². The summed E-state index contributed by atoms with van der Waals surface area (Å²) in [5.41, 5.74) is -1.47. The summed E-state index contributed by atoms with van der Waals surface area (Å²) in [6, 6.07) is 0.953. The van der Waals surface area contributed by atoms with Crippen molar-refractivity contribution in [3.8, 4) is 0 Å². The lowest BCUT2D eigenvalue weighted by molar-refractivity contribution is -0.154. The molecule has 0 aliphatic carbocycles. The van der Waals surface area contributed by atoms with Crippen molar-refractivity contribution in [2.45, 2.75) is 38.8 Å². The minimum absolute atomic E-state index is 0.0322. The summed E-state index contributed by atoms with van der Waals surface area (Å²) >= 11 is 0. The first-order chi connectivity index (χ1) is 7.59. The van der Waals surface area contributed by atoms with Crippen LogP contribution in [0.4, 0.5) is 13.2 Å². The number of halogens is 3. The van der Waals surface area contributed by atoms with Gasteiger partial charge in [0.05, 0.1) is 0 Å². The summed E-state index contributed by atoms with van der Waals surface area (Å²) in [7, 11) is 0. The quantitative estimate of drug-likeness (QED) is 0.890. The number of carboxylic acid groups (broad SMARTS) is 1. The molecule has 0 atom stereocenters. The van der Waals surface area contributed by atoms with E-state index in [-0.39, 0.29) is 5.76 Å². The fourth-order valence-electron chi connectivity index (χ4n) is 1.27. The largest absolute Gasteiger partial charge is 0.478 e. The van der Waals surface area contributed by atoms with E-state index in [1.165, 1.54) is 0 Å². The van der Waals surface area contributed by atoms with Crippen LogP contribution in [0, 0.1) is 0 Å². The number of hydrogen-bond acceptors (Lipinski definition) is 2. The highest BCUT2D eigenvalue weighted by molar-refractivity contribution is 5.89. The van der Waals surface area contributed by atoms with Gasteiger partial charge < -0.3 is 9.52 Å². The van der Waals surface area contributed by atoms with Gasteiger partial charge in [-0.25, -0.2) is 4.79 Å². The van der Waals surface area contributed by atoms with Crippen LogP contribution in [0.25, 0.3) is 0 Å². The molecule has 0 spiro atoms. The van der Waals surface area contributed by atoms with Gasteiger partial charge in [0.2, 0.25) is 5.76 Å². The molecule has 0 aromatic carbocycles. The molecule has 1 N–H and O–H groups in total. The molecule has 0 fully saturated rings. The average Bonchev–Trinajstić information content (AvgIpc) is 2.61. The highest BCUT2D eigenvalue weighted by Crippen LogP contribution is 2.38. The number of alkyl halides is 3. The van der Waals surface area contributed by atoms with E-state index < -0.39 is 28.9 Å². The predicted octanol–water partition coefficient (Wildman–Crippen LogP) is 3.68. The van der Waals surface area contributed by atoms with Crippen LogP contribution in [0.5, 0.6) is 0 Å². The SMILES string of the molecule is CCC(C)(C)c1cc(C(=O)O)c(C(F)(F)F)o1. The Morgan fingerprint density at radius 2 is 1.94 bits per heavy atom. The van der Waals surface area contributed by atoms with Crippen LogP contribution in [-0.2, 0) is 11.6 Å². The van der Waals surface area contributed by atoms with Crippen LogP contribution >= 0.6 is 0 Å². The van der Waals surface area contributed by atoms with E-state index in [1.807, 2.05) is 0 Å². The first kappa shape index (κ1) is 13.6. The first-order valence-electron chi connectivity index (χ1n) is 5.04. The van der Waals surface area contributed by atoms with Gasteiger partial charge in [-0.3, -0.25) is 0 Å². The maximum absolute atomic E-state index is 12.6. The Morgan fingerprint density at radius 1 is 1.41 bits per heavy atom. The second kappa shape index (κ2) is 4.09. The zero-order valence-electron chi connectivity index (χ0n) is 9.68. The van der Waals surface area contributed by atoms with E-state index >= 15 is 0 Å². The van der Waals surface area contributed by atoms with Gasteiger partial charge in [0.25, 0.3) is 0 Å². The third-order valence-corrected chi connectivity index (χ3v) is 2.77. The van der Waals surface area contributed by atoms with Crippen molar-refractivity contribution in [3.05, 3.63) is 23.2 Å². The van der Waals surface area contributed by atoms with E-state index in [0.29, 0.717) is 6.42 Å². The lowest BCUT2D eigenvalue weighted by Gasteiger charge is -2.19. The Hall–Kier alpha value is -1.46. The predicted molar refractivity (Wildman–Crippen MR) is 54.0 cm³/mol. The van der Waals surface area contributed by atoms with Gasteiger partial charge in [0.1, 0.15) is 11.3 Å². The molecule has 96 valence electrons. The van der Waals surface area contributed by atoms with Gasteiger partial charge in [0.15, 0.2) is 0 Å².